The molecule has 2 amide bonds. The summed E-state index contributed by atoms with van der Waals surface area (Å²) in [6.07, 6.45) is 2.28. The van der Waals surface area contributed by atoms with Crippen LogP contribution < -0.4 is 5.32 Å². The Bertz CT molecular complexity index is 380. The highest BCUT2D eigenvalue weighted by Crippen LogP contribution is 2.22. The van der Waals surface area contributed by atoms with Crippen molar-refractivity contribution in [3.05, 3.63) is 0 Å². The molecule has 0 aromatic rings. The molecule has 5 nitrogen and oxygen atoms in total. The van der Waals surface area contributed by atoms with Crippen molar-refractivity contribution in [1.29, 1.82) is 0 Å². The standard InChI is InChI=1S/C16H30N2O3/c1-7-8-12-15(20)18(10-9-16(4,5)21-6)13(11(2)3)14(19)17-12/h11-13H,7-10H2,1-6H3,(H,17,19). The molecule has 2 atom stereocenters. The van der Waals surface area contributed by atoms with Crippen molar-refractivity contribution in [3.8, 4) is 0 Å². The SMILES string of the molecule is CCCC1NC(=O)C(C(C)C)N(CCC(C)(C)OC)C1=O. The van der Waals surface area contributed by atoms with E-state index >= 15 is 0 Å². The molecule has 0 aromatic carbocycles. The summed E-state index contributed by atoms with van der Waals surface area (Å²) in [4.78, 5) is 26.7. The molecule has 0 aromatic heterocycles. The van der Waals surface area contributed by atoms with Crippen LogP contribution in [0.2, 0.25) is 0 Å². The molecule has 1 heterocycles. The number of carbonyl (C=O) groups excluding carboxylic acids is 2. The summed E-state index contributed by atoms with van der Waals surface area (Å²) in [5, 5.41) is 2.88. The Morgan fingerprint density at radius 1 is 1.33 bits per heavy atom. The van der Waals surface area contributed by atoms with E-state index < -0.39 is 0 Å². The predicted molar refractivity (Wildman–Crippen MR) is 82.9 cm³/mol. The number of rotatable bonds is 7. The monoisotopic (exact) mass is 298 g/mol. The molecule has 0 bridgehead atoms. The van der Waals surface area contributed by atoms with E-state index in [1.54, 1.807) is 12.0 Å². The summed E-state index contributed by atoms with van der Waals surface area (Å²) < 4.78 is 5.42. The van der Waals surface area contributed by atoms with Gasteiger partial charge in [-0.3, -0.25) is 9.59 Å². The molecular weight excluding hydrogens is 268 g/mol. The molecule has 1 N–H and O–H groups in total. The molecule has 2 unspecified atom stereocenters. The van der Waals surface area contributed by atoms with Crippen LogP contribution in [-0.2, 0) is 14.3 Å². The van der Waals surface area contributed by atoms with Crippen LogP contribution in [0.15, 0.2) is 0 Å². The van der Waals surface area contributed by atoms with Gasteiger partial charge in [0.25, 0.3) is 0 Å². The minimum atomic E-state index is -0.377. The van der Waals surface area contributed by atoms with Crippen LogP contribution in [0.5, 0.6) is 0 Å². The number of nitrogens with one attached hydrogen (secondary N) is 1. The van der Waals surface area contributed by atoms with E-state index in [0.29, 0.717) is 19.4 Å². The van der Waals surface area contributed by atoms with Crippen molar-refractivity contribution >= 4 is 11.8 Å². The summed E-state index contributed by atoms with van der Waals surface area (Å²) in [7, 11) is 1.67. The highest BCUT2D eigenvalue weighted by atomic mass is 16.5. The smallest absolute Gasteiger partial charge is 0.245 e. The van der Waals surface area contributed by atoms with Gasteiger partial charge in [-0.25, -0.2) is 0 Å². The summed E-state index contributed by atoms with van der Waals surface area (Å²) in [6.45, 7) is 10.5. The Hall–Kier alpha value is -1.10. The lowest BCUT2D eigenvalue weighted by molar-refractivity contribution is -0.152. The highest BCUT2D eigenvalue weighted by Gasteiger charge is 2.41. The molecule has 0 radical (unpaired) electrons. The van der Waals surface area contributed by atoms with Crippen molar-refractivity contribution in [2.24, 2.45) is 5.92 Å². The highest BCUT2D eigenvalue weighted by molar-refractivity contribution is 5.97. The van der Waals surface area contributed by atoms with Gasteiger partial charge in [0.2, 0.25) is 11.8 Å². The van der Waals surface area contributed by atoms with Gasteiger partial charge >= 0.3 is 0 Å². The van der Waals surface area contributed by atoms with Crippen LogP contribution in [0.1, 0.15) is 53.9 Å². The van der Waals surface area contributed by atoms with E-state index in [1.165, 1.54) is 0 Å². The topological polar surface area (TPSA) is 58.6 Å². The maximum Gasteiger partial charge on any atom is 0.245 e. The molecule has 122 valence electrons. The molecule has 0 spiro atoms. The van der Waals surface area contributed by atoms with E-state index in [9.17, 15) is 9.59 Å². The average Bonchev–Trinajstić information content (AvgIpc) is 2.40. The Labute approximate surface area is 128 Å². The molecule has 0 saturated carbocycles. The minimum Gasteiger partial charge on any atom is -0.379 e. The van der Waals surface area contributed by atoms with Gasteiger partial charge in [-0.1, -0.05) is 27.2 Å². The summed E-state index contributed by atoms with van der Waals surface area (Å²) >= 11 is 0. The van der Waals surface area contributed by atoms with Crippen molar-refractivity contribution in [2.45, 2.75) is 71.6 Å². The maximum absolute atomic E-state index is 12.7. The summed E-state index contributed by atoms with van der Waals surface area (Å²) in [5.41, 5.74) is -0.296. The fraction of sp³-hybridized carbons (Fsp3) is 0.875. The lowest BCUT2D eigenvalue weighted by atomic mass is 9.94. The molecule has 5 heteroatoms. The lowest BCUT2D eigenvalue weighted by Gasteiger charge is -2.42. The van der Waals surface area contributed by atoms with Crippen LogP contribution in [0.25, 0.3) is 0 Å². The number of piperazine rings is 1. The van der Waals surface area contributed by atoms with Crippen molar-refractivity contribution in [2.75, 3.05) is 13.7 Å². The summed E-state index contributed by atoms with van der Waals surface area (Å²) in [5.74, 6) is 0.113. The number of ether oxygens (including phenoxy) is 1. The fourth-order valence-corrected chi connectivity index (χ4v) is 2.69. The second-order valence-electron chi connectivity index (χ2n) is 6.78. The first-order valence-corrected chi connectivity index (χ1v) is 7.89. The lowest BCUT2D eigenvalue weighted by Crippen LogP contribution is -2.65. The van der Waals surface area contributed by atoms with Crippen LogP contribution >= 0.6 is 0 Å². The average molecular weight is 298 g/mol. The van der Waals surface area contributed by atoms with Crippen LogP contribution in [0, 0.1) is 5.92 Å². The molecule has 21 heavy (non-hydrogen) atoms. The first-order chi connectivity index (χ1) is 9.73. The largest absolute Gasteiger partial charge is 0.379 e. The van der Waals surface area contributed by atoms with Crippen LogP contribution in [0.3, 0.4) is 0 Å². The first kappa shape index (κ1) is 18.0. The number of amides is 2. The van der Waals surface area contributed by atoms with Gasteiger partial charge in [0, 0.05) is 13.7 Å². The maximum atomic E-state index is 12.7. The van der Waals surface area contributed by atoms with E-state index in [1.807, 2.05) is 34.6 Å². The van der Waals surface area contributed by atoms with E-state index in [-0.39, 0.29) is 35.4 Å². The molecule has 1 saturated heterocycles. The van der Waals surface area contributed by atoms with Gasteiger partial charge < -0.3 is 15.0 Å². The van der Waals surface area contributed by atoms with Gasteiger partial charge in [-0.2, -0.15) is 0 Å². The normalized spacial score (nSPS) is 23.7. The Morgan fingerprint density at radius 2 is 1.95 bits per heavy atom. The van der Waals surface area contributed by atoms with Crippen molar-refractivity contribution in [1.82, 2.24) is 10.2 Å². The Morgan fingerprint density at radius 3 is 2.43 bits per heavy atom. The Kier molecular flexibility index (Phi) is 6.20. The molecule has 1 fully saturated rings. The minimum absolute atomic E-state index is 0.0294. The molecule has 1 aliphatic rings. The third kappa shape index (κ3) is 4.43. The van der Waals surface area contributed by atoms with Gasteiger partial charge in [0.1, 0.15) is 12.1 Å². The number of carbonyl (C=O) groups is 2. The Balaban J connectivity index is 2.89. The molecule has 1 aliphatic heterocycles. The van der Waals surface area contributed by atoms with Crippen LogP contribution in [-0.4, -0.2) is 48.1 Å². The number of methoxy groups -OCH3 is 1. The number of hydrogen-bond acceptors (Lipinski definition) is 3. The third-order valence-corrected chi connectivity index (χ3v) is 4.22. The molecular formula is C16H30N2O3. The quantitative estimate of drug-likeness (QED) is 0.781. The molecule has 1 rings (SSSR count). The zero-order valence-corrected chi connectivity index (χ0v) is 14.2. The van der Waals surface area contributed by atoms with Crippen molar-refractivity contribution < 1.29 is 14.3 Å². The molecule has 0 aliphatic carbocycles. The summed E-state index contributed by atoms with van der Waals surface area (Å²) in [6, 6.07) is -0.749. The third-order valence-electron chi connectivity index (χ3n) is 4.22. The van der Waals surface area contributed by atoms with E-state index in [4.69, 9.17) is 4.74 Å². The van der Waals surface area contributed by atoms with Crippen LogP contribution in [0.4, 0.5) is 0 Å². The first-order valence-electron chi connectivity index (χ1n) is 7.89. The van der Waals surface area contributed by atoms with Gasteiger partial charge in [-0.05, 0) is 32.6 Å². The van der Waals surface area contributed by atoms with E-state index in [0.717, 1.165) is 6.42 Å². The zero-order chi connectivity index (χ0) is 16.2. The number of nitrogens with zero attached hydrogens (tertiary/aromatic N) is 1. The van der Waals surface area contributed by atoms with Gasteiger partial charge in [0.05, 0.1) is 5.60 Å². The van der Waals surface area contributed by atoms with Gasteiger partial charge in [-0.15, -0.1) is 0 Å². The second-order valence-corrected chi connectivity index (χ2v) is 6.78. The number of hydrogen-bond donors (Lipinski definition) is 1. The fourth-order valence-electron chi connectivity index (χ4n) is 2.69. The van der Waals surface area contributed by atoms with Gasteiger partial charge in [0.15, 0.2) is 0 Å². The predicted octanol–water partition coefficient (Wildman–Crippen LogP) is 1.95. The second kappa shape index (κ2) is 7.25. The zero-order valence-electron chi connectivity index (χ0n) is 14.2. The van der Waals surface area contributed by atoms with E-state index in [2.05, 4.69) is 5.32 Å². The van der Waals surface area contributed by atoms with Crippen molar-refractivity contribution in [3.63, 3.8) is 0 Å².